The van der Waals surface area contributed by atoms with E-state index in [0.717, 1.165) is 5.57 Å². The maximum atomic E-state index is 13.4. The molecule has 0 saturated carbocycles. The number of hydrogen-bond acceptors (Lipinski definition) is 1. The predicted octanol–water partition coefficient (Wildman–Crippen LogP) is 2.36. The van der Waals surface area contributed by atoms with E-state index >= 15 is 0 Å². The van der Waals surface area contributed by atoms with Gasteiger partial charge in [0.2, 0.25) is 0 Å². The summed E-state index contributed by atoms with van der Waals surface area (Å²) in [5.74, 6) is 1.02. The van der Waals surface area contributed by atoms with E-state index in [1.807, 2.05) is 12.1 Å². The summed E-state index contributed by atoms with van der Waals surface area (Å²) in [6.45, 7) is 0. The van der Waals surface area contributed by atoms with Crippen LogP contribution in [0.3, 0.4) is 0 Å². The van der Waals surface area contributed by atoms with Crippen LogP contribution in [-0.2, 0) is 10.8 Å². The van der Waals surface area contributed by atoms with Gasteiger partial charge in [0.1, 0.15) is 5.82 Å². The molecule has 1 atom stereocenters. The van der Waals surface area contributed by atoms with Crippen LogP contribution in [-0.4, -0.2) is 15.7 Å². The molecule has 0 N–H and O–H groups in total. The van der Waals surface area contributed by atoms with Crippen molar-refractivity contribution in [3.63, 3.8) is 0 Å². The van der Waals surface area contributed by atoms with E-state index in [1.54, 1.807) is 12.1 Å². The molecule has 0 saturated heterocycles. The van der Waals surface area contributed by atoms with Crippen molar-refractivity contribution in [2.45, 2.75) is 6.42 Å². The molecule has 1 heterocycles. The molecule has 1 aromatic rings. The molecule has 0 bridgehead atoms. The minimum absolute atomic E-state index is 0.188. The molecule has 1 aromatic carbocycles. The summed E-state index contributed by atoms with van der Waals surface area (Å²) in [4.78, 5) is 0. The fourth-order valence-corrected chi connectivity index (χ4v) is 2.57. The molecule has 0 radical (unpaired) electrons. The molecule has 1 unspecified atom stereocenters. The van der Waals surface area contributed by atoms with Crippen molar-refractivity contribution in [1.82, 2.24) is 0 Å². The van der Waals surface area contributed by atoms with Crippen LogP contribution in [0.2, 0.25) is 0 Å². The van der Waals surface area contributed by atoms with E-state index in [-0.39, 0.29) is 5.82 Å². The molecule has 0 aromatic heterocycles. The Bertz CT molecular complexity index is 398. The second-order valence-corrected chi connectivity index (χ2v) is 4.89. The number of halogens is 1. The molecule has 2 rings (SSSR count). The molecule has 14 heavy (non-hydrogen) atoms. The molecule has 0 fully saturated rings. The van der Waals surface area contributed by atoms with Gasteiger partial charge in [0.25, 0.3) is 0 Å². The first-order valence-electron chi connectivity index (χ1n) is 4.56. The monoisotopic (exact) mass is 210 g/mol. The van der Waals surface area contributed by atoms with E-state index < -0.39 is 10.8 Å². The van der Waals surface area contributed by atoms with Crippen LogP contribution in [0.25, 0.3) is 5.57 Å². The van der Waals surface area contributed by atoms with Gasteiger partial charge in [-0.2, -0.15) is 0 Å². The summed E-state index contributed by atoms with van der Waals surface area (Å²) >= 11 is 0. The predicted molar refractivity (Wildman–Crippen MR) is 56.9 cm³/mol. The summed E-state index contributed by atoms with van der Waals surface area (Å²) in [5.41, 5.74) is 1.65. The van der Waals surface area contributed by atoms with Gasteiger partial charge in [0.15, 0.2) is 0 Å². The fourth-order valence-electron chi connectivity index (χ4n) is 1.57. The van der Waals surface area contributed by atoms with Gasteiger partial charge >= 0.3 is 0 Å². The van der Waals surface area contributed by atoms with Crippen LogP contribution < -0.4 is 0 Å². The quantitative estimate of drug-likeness (QED) is 0.695. The first-order chi connectivity index (χ1) is 6.77. The van der Waals surface area contributed by atoms with Crippen LogP contribution in [0.15, 0.2) is 30.3 Å². The maximum Gasteiger partial charge on any atom is 0.130 e. The zero-order chi connectivity index (χ0) is 9.97. The maximum absolute atomic E-state index is 13.4. The van der Waals surface area contributed by atoms with Gasteiger partial charge in [0.05, 0.1) is 0 Å². The minimum Gasteiger partial charge on any atom is -0.259 e. The van der Waals surface area contributed by atoms with Crippen molar-refractivity contribution in [3.05, 3.63) is 41.7 Å². The molecule has 3 heteroatoms. The Balaban J connectivity index is 2.32. The Hall–Kier alpha value is -0.960. The number of allylic oxidation sites excluding steroid dienone is 1. The Morgan fingerprint density at radius 1 is 1.29 bits per heavy atom. The molecule has 74 valence electrons. The fraction of sp³-hybridized carbons (Fsp3) is 0.273. The van der Waals surface area contributed by atoms with E-state index in [4.69, 9.17) is 0 Å². The van der Waals surface area contributed by atoms with Gasteiger partial charge in [-0.05, 0) is 18.1 Å². The molecule has 1 aliphatic rings. The van der Waals surface area contributed by atoms with Crippen LogP contribution >= 0.6 is 0 Å². The molecule has 0 aliphatic carbocycles. The Labute approximate surface area is 85.1 Å². The summed E-state index contributed by atoms with van der Waals surface area (Å²) in [7, 11) is -0.740. The van der Waals surface area contributed by atoms with Gasteiger partial charge in [-0.25, -0.2) is 4.39 Å². The van der Waals surface area contributed by atoms with E-state index in [9.17, 15) is 8.60 Å². The lowest BCUT2D eigenvalue weighted by atomic mass is 10.0. The highest BCUT2D eigenvalue weighted by Crippen LogP contribution is 2.24. The van der Waals surface area contributed by atoms with Crippen molar-refractivity contribution in [2.75, 3.05) is 11.5 Å². The van der Waals surface area contributed by atoms with Crippen LogP contribution in [0, 0.1) is 5.82 Å². The smallest absolute Gasteiger partial charge is 0.130 e. The van der Waals surface area contributed by atoms with Gasteiger partial charge < -0.3 is 0 Å². The van der Waals surface area contributed by atoms with Gasteiger partial charge in [-0.3, -0.25) is 4.21 Å². The largest absolute Gasteiger partial charge is 0.259 e. The van der Waals surface area contributed by atoms with E-state index in [2.05, 4.69) is 0 Å². The molecule has 1 nitrogen and oxygen atoms in total. The standard InChI is InChI=1S/C11H11FOS/c12-11-4-2-1-3-10(11)9-5-7-14(13)8-6-9/h1-5H,6-8H2. The van der Waals surface area contributed by atoms with Gasteiger partial charge in [0, 0.05) is 27.9 Å². The van der Waals surface area contributed by atoms with Crippen molar-refractivity contribution < 1.29 is 8.60 Å². The van der Waals surface area contributed by atoms with Crippen LogP contribution in [0.4, 0.5) is 4.39 Å². The first kappa shape index (κ1) is 9.59. The van der Waals surface area contributed by atoms with Crippen molar-refractivity contribution in [3.8, 4) is 0 Å². The molecule has 0 spiro atoms. The minimum atomic E-state index is -0.740. The zero-order valence-electron chi connectivity index (χ0n) is 7.70. The first-order valence-corrected chi connectivity index (χ1v) is 6.05. The van der Waals surface area contributed by atoms with Crippen molar-refractivity contribution >= 4 is 16.4 Å². The lowest BCUT2D eigenvalue weighted by Gasteiger charge is -2.13. The average molecular weight is 210 g/mol. The summed E-state index contributed by atoms with van der Waals surface area (Å²) < 4.78 is 24.5. The third kappa shape index (κ3) is 1.93. The highest BCUT2D eigenvalue weighted by molar-refractivity contribution is 7.85. The SMILES string of the molecule is O=S1CC=C(c2ccccc2F)CC1. The Morgan fingerprint density at radius 2 is 2.07 bits per heavy atom. The zero-order valence-corrected chi connectivity index (χ0v) is 8.52. The topological polar surface area (TPSA) is 17.1 Å². The van der Waals surface area contributed by atoms with Crippen molar-refractivity contribution in [1.29, 1.82) is 0 Å². The number of hydrogen-bond donors (Lipinski definition) is 0. The summed E-state index contributed by atoms with van der Waals surface area (Å²) in [5, 5.41) is 0. The Kier molecular flexibility index (Phi) is 2.77. The van der Waals surface area contributed by atoms with Crippen LogP contribution in [0.1, 0.15) is 12.0 Å². The summed E-state index contributed by atoms with van der Waals surface area (Å²) in [6, 6.07) is 6.74. The molecule has 0 amide bonds. The number of rotatable bonds is 1. The highest BCUT2D eigenvalue weighted by Gasteiger charge is 2.12. The van der Waals surface area contributed by atoms with Gasteiger partial charge in [-0.15, -0.1) is 0 Å². The van der Waals surface area contributed by atoms with Gasteiger partial charge in [-0.1, -0.05) is 24.3 Å². The normalized spacial score (nSPS) is 21.8. The average Bonchev–Trinajstić information content (AvgIpc) is 2.20. The summed E-state index contributed by atoms with van der Waals surface area (Å²) in [6.07, 6.45) is 2.60. The lowest BCUT2D eigenvalue weighted by molar-refractivity contribution is 0.623. The number of benzene rings is 1. The van der Waals surface area contributed by atoms with E-state index in [0.29, 0.717) is 23.5 Å². The molecule has 1 aliphatic heterocycles. The van der Waals surface area contributed by atoms with Crippen molar-refractivity contribution in [2.24, 2.45) is 0 Å². The second-order valence-electron chi connectivity index (χ2n) is 3.27. The van der Waals surface area contributed by atoms with E-state index in [1.165, 1.54) is 6.07 Å². The lowest BCUT2D eigenvalue weighted by Crippen LogP contribution is -2.08. The highest BCUT2D eigenvalue weighted by atomic mass is 32.2. The second kappa shape index (κ2) is 4.05. The Morgan fingerprint density at radius 3 is 2.71 bits per heavy atom. The molecular formula is C11H11FOS. The third-order valence-corrected chi connectivity index (χ3v) is 3.53. The third-order valence-electron chi connectivity index (χ3n) is 2.33. The molecular weight excluding hydrogens is 199 g/mol. The van der Waals surface area contributed by atoms with Crippen LogP contribution in [0.5, 0.6) is 0 Å².